The van der Waals surface area contributed by atoms with Gasteiger partial charge < -0.3 is 10.1 Å². The van der Waals surface area contributed by atoms with Gasteiger partial charge in [-0.2, -0.15) is 13.2 Å². The number of H-pyrrole nitrogens is 1. The van der Waals surface area contributed by atoms with Crippen molar-refractivity contribution < 1.29 is 26.7 Å². The topological polar surface area (TPSA) is 108 Å². The molecule has 0 spiro atoms. The highest BCUT2D eigenvalue weighted by Crippen LogP contribution is 2.34. The number of sulfonamides is 1. The van der Waals surface area contributed by atoms with Gasteiger partial charge in [0, 0.05) is 29.9 Å². The number of aliphatic hydroxyl groups excluding tert-OH is 1. The van der Waals surface area contributed by atoms with Crippen molar-refractivity contribution in [2.75, 3.05) is 6.54 Å². The first-order valence-electron chi connectivity index (χ1n) is 7.77. The number of aromatic amines is 1. The Kier molecular flexibility index (Phi) is 4.93. The lowest BCUT2D eigenvalue weighted by molar-refractivity contribution is -0.140. The minimum atomic E-state index is -4.54. The summed E-state index contributed by atoms with van der Waals surface area (Å²) in [5.74, 6) is 0. The SMILES string of the molecule is C[C@@H](O)CNS(=O)(=O)c1ccc(-c2ccnc3[nH]c(C(F)(F)F)cc23)nc1. The summed E-state index contributed by atoms with van der Waals surface area (Å²) < 4.78 is 65.2. The van der Waals surface area contributed by atoms with Crippen LogP contribution < -0.4 is 4.72 Å². The van der Waals surface area contributed by atoms with Crippen LogP contribution in [0.25, 0.3) is 22.3 Å². The molecular formula is C16H15F3N4O3S. The highest BCUT2D eigenvalue weighted by molar-refractivity contribution is 7.89. The van der Waals surface area contributed by atoms with Gasteiger partial charge in [0.2, 0.25) is 10.0 Å². The number of aromatic nitrogens is 3. The van der Waals surface area contributed by atoms with Gasteiger partial charge in [0.05, 0.1) is 11.8 Å². The van der Waals surface area contributed by atoms with Crippen LogP contribution in [0.3, 0.4) is 0 Å². The summed E-state index contributed by atoms with van der Waals surface area (Å²) in [6.45, 7) is 1.28. The number of alkyl halides is 3. The zero-order valence-electron chi connectivity index (χ0n) is 13.9. The minimum absolute atomic E-state index is 0.0527. The van der Waals surface area contributed by atoms with Crippen molar-refractivity contribution in [3.8, 4) is 11.3 Å². The Morgan fingerprint density at radius 2 is 2.00 bits per heavy atom. The summed E-state index contributed by atoms with van der Waals surface area (Å²) in [6, 6.07) is 5.12. The van der Waals surface area contributed by atoms with Gasteiger partial charge in [-0.15, -0.1) is 0 Å². The van der Waals surface area contributed by atoms with Crippen molar-refractivity contribution in [1.82, 2.24) is 19.7 Å². The summed E-state index contributed by atoms with van der Waals surface area (Å²) >= 11 is 0. The van der Waals surface area contributed by atoms with Crippen LogP contribution in [0.15, 0.2) is 41.6 Å². The van der Waals surface area contributed by atoms with E-state index in [1.807, 2.05) is 0 Å². The average Bonchev–Trinajstić information content (AvgIpc) is 3.05. The molecule has 0 aromatic carbocycles. The van der Waals surface area contributed by atoms with Crippen molar-refractivity contribution in [3.05, 3.63) is 42.4 Å². The molecule has 3 rings (SSSR count). The molecule has 0 aliphatic heterocycles. The third-order valence-electron chi connectivity index (χ3n) is 3.73. The second-order valence-electron chi connectivity index (χ2n) is 5.88. The summed E-state index contributed by atoms with van der Waals surface area (Å²) in [4.78, 5) is 10.0. The Labute approximate surface area is 152 Å². The summed E-state index contributed by atoms with van der Waals surface area (Å²) in [5, 5.41) is 9.41. The third kappa shape index (κ3) is 4.10. The number of halogens is 3. The minimum Gasteiger partial charge on any atom is -0.392 e. The number of rotatable bonds is 5. The maximum Gasteiger partial charge on any atom is 0.431 e. The zero-order valence-corrected chi connectivity index (χ0v) is 14.8. The number of fused-ring (bicyclic) bond motifs is 1. The van der Waals surface area contributed by atoms with Crippen molar-refractivity contribution in [2.24, 2.45) is 0 Å². The molecule has 0 unspecified atom stereocenters. The van der Waals surface area contributed by atoms with Crippen LogP contribution in [-0.2, 0) is 16.2 Å². The Hall–Kier alpha value is -2.50. The molecule has 1 atom stereocenters. The van der Waals surface area contributed by atoms with E-state index in [0.29, 0.717) is 11.3 Å². The summed E-state index contributed by atoms with van der Waals surface area (Å²) in [6.07, 6.45) is -2.96. The molecule has 0 aliphatic rings. The first kappa shape index (κ1) is 19.3. The molecule has 3 N–H and O–H groups in total. The first-order valence-corrected chi connectivity index (χ1v) is 9.25. The molecule has 7 nitrogen and oxygen atoms in total. The van der Waals surface area contributed by atoms with Crippen LogP contribution >= 0.6 is 0 Å². The van der Waals surface area contributed by atoms with Gasteiger partial charge in [-0.1, -0.05) is 0 Å². The van der Waals surface area contributed by atoms with Gasteiger partial charge in [0.15, 0.2) is 0 Å². The van der Waals surface area contributed by atoms with E-state index in [2.05, 4.69) is 19.7 Å². The molecule has 0 fully saturated rings. The standard InChI is InChI=1S/C16H15F3N4O3S/c1-9(24)7-22-27(25,26)10-2-3-13(21-8-10)11-4-5-20-15-12(11)6-14(23-15)16(17,18)19/h2-6,8-9,22,24H,7H2,1H3,(H,20,23)/t9-/m1/s1. The Morgan fingerprint density at radius 3 is 2.59 bits per heavy atom. The summed E-state index contributed by atoms with van der Waals surface area (Å²) in [5.41, 5.74) is -0.201. The van der Waals surface area contributed by atoms with Gasteiger partial charge in [-0.3, -0.25) is 4.98 Å². The van der Waals surface area contributed by atoms with Gasteiger partial charge in [0.25, 0.3) is 0 Å². The molecule has 3 aromatic heterocycles. The molecule has 3 heterocycles. The fraction of sp³-hybridized carbons (Fsp3) is 0.250. The fourth-order valence-corrected chi connectivity index (χ4v) is 3.48. The van der Waals surface area contributed by atoms with Crippen molar-refractivity contribution in [2.45, 2.75) is 24.1 Å². The van der Waals surface area contributed by atoms with Crippen molar-refractivity contribution in [1.29, 1.82) is 0 Å². The van der Waals surface area contributed by atoms with Crippen LogP contribution in [0.4, 0.5) is 13.2 Å². The van der Waals surface area contributed by atoms with E-state index in [0.717, 1.165) is 12.3 Å². The van der Waals surface area contributed by atoms with Gasteiger partial charge in [-0.05, 0) is 31.2 Å². The van der Waals surface area contributed by atoms with E-state index in [4.69, 9.17) is 0 Å². The Morgan fingerprint density at radius 1 is 1.26 bits per heavy atom. The van der Waals surface area contributed by atoms with Gasteiger partial charge in [-0.25, -0.2) is 18.1 Å². The van der Waals surface area contributed by atoms with E-state index in [1.165, 1.54) is 31.3 Å². The Balaban J connectivity index is 1.97. The van der Waals surface area contributed by atoms with Gasteiger partial charge in [0.1, 0.15) is 16.2 Å². The van der Waals surface area contributed by atoms with Crippen molar-refractivity contribution in [3.63, 3.8) is 0 Å². The van der Waals surface area contributed by atoms with E-state index in [9.17, 15) is 26.7 Å². The second-order valence-corrected chi connectivity index (χ2v) is 7.65. The van der Waals surface area contributed by atoms with Crippen molar-refractivity contribution >= 4 is 21.1 Å². The van der Waals surface area contributed by atoms with Crippen LogP contribution in [0, 0.1) is 0 Å². The van der Waals surface area contributed by atoms with Crippen LogP contribution in [0.5, 0.6) is 0 Å². The van der Waals surface area contributed by atoms with E-state index < -0.39 is 28.0 Å². The highest BCUT2D eigenvalue weighted by atomic mass is 32.2. The lowest BCUT2D eigenvalue weighted by Gasteiger charge is -2.09. The molecule has 144 valence electrons. The molecule has 3 aromatic rings. The molecule has 0 amide bonds. The molecule has 0 saturated heterocycles. The maximum atomic E-state index is 12.9. The largest absolute Gasteiger partial charge is 0.431 e. The number of pyridine rings is 2. The summed E-state index contributed by atoms with van der Waals surface area (Å²) in [7, 11) is -3.85. The molecule has 0 aliphatic carbocycles. The monoisotopic (exact) mass is 400 g/mol. The first-order chi connectivity index (χ1) is 12.6. The number of hydrogen-bond acceptors (Lipinski definition) is 5. The van der Waals surface area contributed by atoms with Crippen LogP contribution in [0.1, 0.15) is 12.6 Å². The lowest BCUT2D eigenvalue weighted by Crippen LogP contribution is -2.30. The average molecular weight is 400 g/mol. The van der Waals surface area contributed by atoms with Crippen LogP contribution in [-0.4, -0.2) is 41.1 Å². The Bertz CT molecular complexity index is 1060. The quantitative estimate of drug-likeness (QED) is 0.609. The van der Waals surface area contributed by atoms with E-state index >= 15 is 0 Å². The smallest absolute Gasteiger partial charge is 0.392 e. The molecular weight excluding hydrogens is 385 g/mol. The predicted octanol–water partition coefficient (Wildman–Crippen LogP) is 2.30. The predicted molar refractivity (Wildman–Crippen MR) is 91.2 cm³/mol. The molecule has 27 heavy (non-hydrogen) atoms. The third-order valence-corrected chi connectivity index (χ3v) is 5.14. The second kappa shape index (κ2) is 6.91. The maximum absolute atomic E-state index is 12.9. The van der Waals surface area contributed by atoms with E-state index in [-0.39, 0.29) is 22.5 Å². The number of aliphatic hydroxyl groups is 1. The lowest BCUT2D eigenvalue weighted by atomic mass is 10.1. The molecule has 0 radical (unpaired) electrons. The van der Waals surface area contributed by atoms with Gasteiger partial charge >= 0.3 is 6.18 Å². The number of hydrogen-bond donors (Lipinski definition) is 3. The number of nitrogens with one attached hydrogen (secondary N) is 2. The molecule has 0 bridgehead atoms. The highest BCUT2D eigenvalue weighted by Gasteiger charge is 2.33. The number of nitrogens with zero attached hydrogens (tertiary/aromatic N) is 2. The zero-order chi connectivity index (χ0) is 19.8. The fourth-order valence-electron chi connectivity index (χ4n) is 2.42. The van der Waals surface area contributed by atoms with Crippen LogP contribution in [0.2, 0.25) is 0 Å². The molecule has 0 saturated carbocycles. The normalized spacial score (nSPS) is 13.8. The van der Waals surface area contributed by atoms with E-state index in [1.54, 1.807) is 0 Å². The molecule has 11 heteroatoms.